The summed E-state index contributed by atoms with van der Waals surface area (Å²) in [5, 5.41) is 0. The molecule has 0 aliphatic carbocycles. The zero-order chi connectivity index (χ0) is 17.7. The highest BCUT2D eigenvalue weighted by atomic mass is 16.7. The molecular formula is C22H32O3. The number of hydrogen-bond acceptors (Lipinski definition) is 3. The molecule has 1 aliphatic heterocycles. The Morgan fingerprint density at radius 3 is 2.72 bits per heavy atom. The molecule has 0 spiro atoms. The van der Waals surface area contributed by atoms with Crippen LogP contribution in [0.15, 0.2) is 53.6 Å². The van der Waals surface area contributed by atoms with Gasteiger partial charge >= 0.3 is 0 Å². The van der Waals surface area contributed by atoms with Crippen molar-refractivity contribution in [1.29, 1.82) is 0 Å². The van der Waals surface area contributed by atoms with Gasteiger partial charge in [0.1, 0.15) is 0 Å². The molecule has 1 saturated heterocycles. The normalized spacial score (nSPS) is 19.2. The maximum absolute atomic E-state index is 5.80. The van der Waals surface area contributed by atoms with Gasteiger partial charge in [-0.05, 0) is 51.5 Å². The van der Waals surface area contributed by atoms with Gasteiger partial charge in [0.2, 0.25) is 0 Å². The van der Waals surface area contributed by atoms with Gasteiger partial charge in [0, 0.05) is 6.61 Å². The first-order valence-corrected chi connectivity index (χ1v) is 9.40. The van der Waals surface area contributed by atoms with Crippen LogP contribution in [0.2, 0.25) is 0 Å². The van der Waals surface area contributed by atoms with Crippen LogP contribution < -0.4 is 0 Å². The summed E-state index contributed by atoms with van der Waals surface area (Å²) < 4.78 is 17.1. The summed E-state index contributed by atoms with van der Waals surface area (Å²) in [5.41, 5.74) is 3.87. The molecule has 1 unspecified atom stereocenters. The Balaban J connectivity index is 1.55. The third-order valence-electron chi connectivity index (χ3n) is 4.33. The van der Waals surface area contributed by atoms with Crippen LogP contribution in [-0.4, -0.2) is 26.1 Å². The summed E-state index contributed by atoms with van der Waals surface area (Å²) in [5.74, 6) is 0. The van der Waals surface area contributed by atoms with Gasteiger partial charge in [-0.1, -0.05) is 53.6 Å². The highest BCUT2D eigenvalue weighted by Crippen LogP contribution is 2.15. The Hall–Kier alpha value is -1.42. The van der Waals surface area contributed by atoms with Crippen LogP contribution in [0, 0.1) is 0 Å². The Kier molecular flexibility index (Phi) is 9.57. The van der Waals surface area contributed by atoms with Gasteiger partial charge in [-0.3, -0.25) is 0 Å². The van der Waals surface area contributed by atoms with Crippen LogP contribution in [0.1, 0.15) is 51.5 Å². The Labute approximate surface area is 152 Å². The van der Waals surface area contributed by atoms with Crippen LogP contribution in [0.5, 0.6) is 0 Å². The molecule has 25 heavy (non-hydrogen) atoms. The maximum Gasteiger partial charge on any atom is 0.158 e. The third kappa shape index (κ3) is 9.01. The van der Waals surface area contributed by atoms with E-state index in [9.17, 15) is 0 Å². The zero-order valence-corrected chi connectivity index (χ0v) is 15.7. The van der Waals surface area contributed by atoms with Crippen molar-refractivity contribution in [1.82, 2.24) is 0 Å². The maximum atomic E-state index is 5.80. The second-order valence-electron chi connectivity index (χ2n) is 6.75. The molecule has 0 N–H and O–H groups in total. The molecule has 1 atom stereocenters. The Bertz CT molecular complexity index is 527. The molecule has 0 aromatic heterocycles. The van der Waals surface area contributed by atoms with E-state index in [-0.39, 0.29) is 6.29 Å². The Morgan fingerprint density at radius 2 is 1.96 bits per heavy atom. The molecular weight excluding hydrogens is 312 g/mol. The fourth-order valence-electron chi connectivity index (χ4n) is 2.73. The van der Waals surface area contributed by atoms with Crippen molar-refractivity contribution in [2.75, 3.05) is 19.8 Å². The molecule has 1 aromatic rings. The van der Waals surface area contributed by atoms with Gasteiger partial charge < -0.3 is 14.2 Å². The molecule has 2 rings (SSSR count). The predicted molar refractivity (Wildman–Crippen MR) is 102 cm³/mol. The number of ether oxygens (including phenoxy) is 3. The van der Waals surface area contributed by atoms with Crippen molar-refractivity contribution in [2.24, 2.45) is 0 Å². The van der Waals surface area contributed by atoms with Crippen molar-refractivity contribution in [3.63, 3.8) is 0 Å². The first-order valence-electron chi connectivity index (χ1n) is 9.40. The average molecular weight is 344 g/mol. The van der Waals surface area contributed by atoms with E-state index in [1.165, 1.54) is 23.1 Å². The first-order chi connectivity index (χ1) is 12.2. The van der Waals surface area contributed by atoms with Gasteiger partial charge in [0.25, 0.3) is 0 Å². The molecule has 1 heterocycles. The fraction of sp³-hybridized carbons (Fsp3) is 0.545. The second kappa shape index (κ2) is 12.0. The Morgan fingerprint density at radius 1 is 1.12 bits per heavy atom. The molecule has 0 radical (unpaired) electrons. The predicted octanol–water partition coefficient (Wildman–Crippen LogP) is 5.42. The van der Waals surface area contributed by atoms with Crippen LogP contribution in [0.25, 0.3) is 0 Å². The summed E-state index contributed by atoms with van der Waals surface area (Å²) in [7, 11) is 0. The quantitative estimate of drug-likeness (QED) is 0.419. The third-order valence-corrected chi connectivity index (χ3v) is 4.33. The SMILES string of the molecule is C/C(=C/COCc1ccccc1)CC/C=C(/C)COC1CCCCO1. The molecule has 0 amide bonds. The lowest BCUT2D eigenvalue weighted by Gasteiger charge is -2.22. The van der Waals surface area contributed by atoms with E-state index in [0.29, 0.717) is 19.8 Å². The second-order valence-corrected chi connectivity index (χ2v) is 6.75. The van der Waals surface area contributed by atoms with E-state index < -0.39 is 0 Å². The summed E-state index contributed by atoms with van der Waals surface area (Å²) in [6, 6.07) is 10.3. The van der Waals surface area contributed by atoms with E-state index in [0.717, 1.165) is 32.3 Å². The highest BCUT2D eigenvalue weighted by molar-refractivity contribution is 5.13. The fourth-order valence-corrected chi connectivity index (χ4v) is 2.73. The molecule has 1 fully saturated rings. The monoisotopic (exact) mass is 344 g/mol. The minimum Gasteiger partial charge on any atom is -0.373 e. The van der Waals surface area contributed by atoms with Gasteiger partial charge in [0.05, 0.1) is 19.8 Å². The van der Waals surface area contributed by atoms with Crippen molar-refractivity contribution >= 4 is 0 Å². The molecule has 138 valence electrons. The van der Waals surface area contributed by atoms with Crippen LogP contribution in [-0.2, 0) is 20.8 Å². The topological polar surface area (TPSA) is 27.7 Å². The van der Waals surface area contributed by atoms with Crippen molar-refractivity contribution in [3.05, 3.63) is 59.2 Å². The van der Waals surface area contributed by atoms with Crippen LogP contribution in [0.3, 0.4) is 0 Å². The molecule has 3 nitrogen and oxygen atoms in total. The lowest BCUT2D eigenvalue weighted by Crippen LogP contribution is -2.22. The molecule has 0 saturated carbocycles. The summed E-state index contributed by atoms with van der Waals surface area (Å²) in [4.78, 5) is 0. The van der Waals surface area contributed by atoms with E-state index in [4.69, 9.17) is 14.2 Å². The van der Waals surface area contributed by atoms with Gasteiger partial charge in [-0.15, -0.1) is 0 Å². The van der Waals surface area contributed by atoms with Gasteiger partial charge in [-0.2, -0.15) is 0 Å². The molecule has 3 heteroatoms. The lowest BCUT2D eigenvalue weighted by molar-refractivity contribution is -0.156. The number of benzene rings is 1. The highest BCUT2D eigenvalue weighted by Gasteiger charge is 2.13. The van der Waals surface area contributed by atoms with Crippen LogP contribution >= 0.6 is 0 Å². The van der Waals surface area contributed by atoms with Crippen molar-refractivity contribution < 1.29 is 14.2 Å². The van der Waals surface area contributed by atoms with Crippen molar-refractivity contribution in [3.8, 4) is 0 Å². The van der Waals surface area contributed by atoms with E-state index in [1.807, 2.05) is 18.2 Å². The molecule has 1 aromatic carbocycles. The van der Waals surface area contributed by atoms with Gasteiger partial charge in [0.15, 0.2) is 6.29 Å². The number of hydrogen-bond donors (Lipinski definition) is 0. The van der Waals surface area contributed by atoms with Crippen molar-refractivity contribution in [2.45, 2.75) is 58.8 Å². The first kappa shape index (κ1) is 19.9. The number of allylic oxidation sites excluding steroid dienone is 2. The summed E-state index contributed by atoms with van der Waals surface area (Å²) in [6.45, 7) is 7.15. The zero-order valence-electron chi connectivity index (χ0n) is 15.7. The molecule has 0 bridgehead atoms. The standard InChI is InChI=1S/C22H32O3/c1-19(14-16-23-18-21-11-4-3-5-12-21)9-8-10-20(2)17-25-22-13-6-7-15-24-22/h3-5,10-12,14,22H,6-9,13,15-18H2,1-2H3/b19-14-,20-10-. The number of rotatable bonds is 10. The largest absolute Gasteiger partial charge is 0.373 e. The minimum absolute atomic E-state index is 0.000459. The molecule has 1 aliphatic rings. The van der Waals surface area contributed by atoms with Crippen LogP contribution in [0.4, 0.5) is 0 Å². The summed E-state index contributed by atoms with van der Waals surface area (Å²) in [6.07, 6.45) is 9.95. The lowest BCUT2D eigenvalue weighted by atomic mass is 10.1. The smallest absolute Gasteiger partial charge is 0.158 e. The van der Waals surface area contributed by atoms with Gasteiger partial charge in [-0.25, -0.2) is 0 Å². The van der Waals surface area contributed by atoms with E-state index in [2.05, 4.69) is 38.1 Å². The average Bonchev–Trinajstić information content (AvgIpc) is 2.65. The van der Waals surface area contributed by atoms with E-state index >= 15 is 0 Å². The van der Waals surface area contributed by atoms with E-state index in [1.54, 1.807) is 0 Å². The minimum atomic E-state index is 0.000459. The summed E-state index contributed by atoms with van der Waals surface area (Å²) >= 11 is 0.